The molecule has 0 spiro atoms. The smallest absolute Gasteiger partial charge is 0.226 e. The Kier molecular flexibility index (Phi) is 4.33. The van der Waals surface area contributed by atoms with Gasteiger partial charge >= 0.3 is 0 Å². The molecule has 1 aromatic carbocycles. The molecule has 0 saturated heterocycles. The highest BCUT2D eigenvalue weighted by Gasteiger charge is 2.45. The second-order valence-corrected chi connectivity index (χ2v) is 6.19. The molecule has 0 radical (unpaired) electrons. The molecule has 23 heavy (non-hydrogen) atoms. The van der Waals surface area contributed by atoms with Crippen LogP contribution in [0, 0.1) is 12.8 Å². The molecule has 1 aliphatic carbocycles. The number of amides is 1. The molecule has 2 atom stereocenters. The molecular weight excluding hydrogens is 288 g/mol. The van der Waals surface area contributed by atoms with Crippen molar-refractivity contribution in [2.24, 2.45) is 5.92 Å². The summed E-state index contributed by atoms with van der Waals surface area (Å²) in [5.74, 6) is 1.43. The van der Waals surface area contributed by atoms with E-state index in [0.29, 0.717) is 12.5 Å². The number of pyridine rings is 1. The fourth-order valence-corrected chi connectivity index (χ4v) is 3.00. The van der Waals surface area contributed by atoms with E-state index in [0.717, 1.165) is 23.6 Å². The fourth-order valence-electron chi connectivity index (χ4n) is 3.00. The number of hydrogen-bond acceptors (Lipinski definition) is 3. The molecule has 1 saturated carbocycles. The van der Waals surface area contributed by atoms with Crippen LogP contribution in [0.1, 0.15) is 29.3 Å². The van der Waals surface area contributed by atoms with Gasteiger partial charge in [0, 0.05) is 18.7 Å². The van der Waals surface area contributed by atoms with Crippen LogP contribution < -0.4 is 4.74 Å². The number of rotatable bonds is 5. The van der Waals surface area contributed by atoms with E-state index in [1.165, 1.54) is 5.56 Å². The summed E-state index contributed by atoms with van der Waals surface area (Å²) >= 11 is 0. The minimum absolute atomic E-state index is 0.0805. The number of ether oxygens (including phenoxy) is 1. The molecule has 0 bridgehead atoms. The summed E-state index contributed by atoms with van der Waals surface area (Å²) in [4.78, 5) is 18.8. The largest absolute Gasteiger partial charge is 0.497 e. The number of carbonyl (C=O) groups excluding carboxylic acids is 1. The molecule has 2 aromatic rings. The molecule has 0 unspecified atom stereocenters. The molecule has 1 heterocycles. The Morgan fingerprint density at radius 3 is 2.83 bits per heavy atom. The Morgan fingerprint density at radius 2 is 2.09 bits per heavy atom. The van der Waals surface area contributed by atoms with E-state index >= 15 is 0 Å². The van der Waals surface area contributed by atoms with E-state index in [1.54, 1.807) is 12.0 Å². The highest BCUT2D eigenvalue weighted by molar-refractivity contribution is 5.82. The highest BCUT2D eigenvalue weighted by atomic mass is 16.5. The van der Waals surface area contributed by atoms with E-state index in [2.05, 4.69) is 11.1 Å². The first-order valence-electron chi connectivity index (χ1n) is 7.90. The van der Waals surface area contributed by atoms with Gasteiger partial charge < -0.3 is 9.64 Å². The molecule has 4 nitrogen and oxygen atoms in total. The molecule has 1 aliphatic rings. The van der Waals surface area contributed by atoms with Gasteiger partial charge in [-0.2, -0.15) is 0 Å². The Bertz CT molecular complexity index is 714. The summed E-state index contributed by atoms with van der Waals surface area (Å²) < 4.78 is 5.26. The first kappa shape index (κ1) is 15.5. The zero-order valence-electron chi connectivity index (χ0n) is 13.8. The normalized spacial score (nSPS) is 19.3. The van der Waals surface area contributed by atoms with Crippen molar-refractivity contribution in [1.82, 2.24) is 9.88 Å². The van der Waals surface area contributed by atoms with Crippen LogP contribution in [0.2, 0.25) is 0 Å². The van der Waals surface area contributed by atoms with Gasteiger partial charge in [-0.25, -0.2) is 0 Å². The lowest BCUT2D eigenvalue weighted by Crippen LogP contribution is -2.28. The molecule has 3 rings (SSSR count). The van der Waals surface area contributed by atoms with E-state index in [1.807, 2.05) is 50.4 Å². The Morgan fingerprint density at radius 1 is 1.30 bits per heavy atom. The summed E-state index contributed by atoms with van der Waals surface area (Å²) in [6.45, 7) is 2.52. The maximum atomic E-state index is 12.6. The first-order valence-corrected chi connectivity index (χ1v) is 7.90. The van der Waals surface area contributed by atoms with Gasteiger partial charge in [-0.3, -0.25) is 9.78 Å². The Labute approximate surface area is 137 Å². The number of aromatic nitrogens is 1. The van der Waals surface area contributed by atoms with Crippen molar-refractivity contribution >= 4 is 5.91 Å². The zero-order chi connectivity index (χ0) is 16.4. The van der Waals surface area contributed by atoms with Crippen LogP contribution in [0.5, 0.6) is 5.75 Å². The van der Waals surface area contributed by atoms with E-state index in [9.17, 15) is 4.79 Å². The Balaban J connectivity index is 1.63. The SMILES string of the molecule is COc1cccc([C@@H]2C[C@H]2C(=O)N(C)Cc2cccc(C)n2)c1. The van der Waals surface area contributed by atoms with Gasteiger partial charge in [0.1, 0.15) is 5.75 Å². The summed E-state index contributed by atoms with van der Waals surface area (Å²) in [6.07, 6.45) is 0.914. The highest BCUT2D eigenvalue weighted by Crippen LogP contribution is 2.49. The summed E-state index contributed by atoms with van der Waals surface area (Å²) in [7, 11) is 3.52. The predicted molar refractivity (Wildman–Crippen MR) is 89.3 cm³/mol. The average molecular weight is 310 g/mol. The zero-order valence-corrected chi connectivity index (χ0v) is 13.8. The standard InChI is InChI=1S/C19H22N2O2/c1-13-6-4-8-15(20-13)12-21(2)19(22)18-11-17(18)14-7-5-9-16(10-14)23-3/h4-10,17-18H,11-12H2,1-3H3/t17-,18+/m0/s1. The molecule has 1 amide bonds. The third-order valence-electron chi connectivity index (χ3n) is 4.35. The second kappa shape index (κ2) is 6.41. The van der Waals surface area contributed by atoms with Gasteiger partial charge in [0.15, 0.2) is 0 Å². The van der Waals surface area contributed by atoms with Gasteiger partial charge in [0.25, 0.3) is 0 Å². The van der Waals surface area contributed by atoms with Crippen LogP contribution in [0.25, 0.3) is 0 Å². The van der Waals surface area contributed by atoms with Crippen molar-refractivity contribution in [3.05, 3.63) is 59.4 Å². The molecule has 120 valence electrons. The van der Waals surface area contributed by atoms with Crippen LogP contribution in [-0.2, 0) is 11.3 Å². The van der Waals surface area contributed by atoms with Crippen molar-refractivity contribution in [3.8, 4) is 5.75 Å². The third-order valence-corrected chi connectivity index (χ3v) is 4.35. The van der Waals surface area contributed by atoms with Crippen LogP contribution in [0.15, 0.2) is 42.5 Å². The van der Waals surface area contributed by atoms with E-state index < -0.39 is 0 Å². The predicted octanol–water partition coefficient (Wildman–Crippen LogP) is 3.16. The van der Waals surface area contributed by atoms with Gasteiger partial charge in [-0.15, -0.1) is 0 Å². The van der Waals surface area contributed by atoms with Gasteiger partial charge in [-0.05, 0) is 49.1 Å². The van der Waals surface area contributed by atoms with Crippen molar-refractivity contribution in [1.29, 1.82) is 0 Å². The Hall–Kier alpha value is -2.36. The number of methoxy groups -OCH3 is 1. The number of benzene rings is 1. The topological polar surface area (TPSA) is 42.4 Å². The van der Waals surface area contributed by atoms with Crippen molar-refractivity contribution in [3.63, 3.8) is 0 Å². The monoisotopic (exact) mass is 310 g/mol. The lowest BCUT2D eigenvalue weighted by Gasteiger charge is -2.17. The van der Waals surface area contributed by atoms with Gasteiger partial charge in [0.05, 0.1) is 19.3 Å². The fraction of sp³-hybridized carbons (Fsp3) is 0.368. The maximum absolute atomic E-state index is 12.6. The average Bonchev–Trinajstić information content (AvgIpc) is 3.35. The number of hydrogen-bond donors (Lipinski definition) is 0. The maximum Gasteiger partial charge on any atom is 0.226 e. The van der Waals surface area contributed by atoms with Crippen molar-refractivity contribution < 1.29 is 9.53 Å². The van der Waals surface area contributed by atoms with E-state index in [4.69, 9.17) is 4.74 Å². The molecule has 1 aromatic heterocycles. The number of nitrogens with zero attached hydrogens (tertiary/aromatic N) is 2. The molecule has 4 heteroatoms. The second-order valence-electron chi connectivity index (χ2n) is 6.19. The molecular formula is C19H22N2O2. The summed E-state index contributed by atoms with van der Waals surface area (Å²) in [5, 5.41) is 0. The number of carbonyl (C=O) groups is 1. The summed E-state index contributed by atoms with van der Waals surface area (Å²) in [5.41, 5.74) is 3.09. The molecule has 1 fully saturated rings. The van der Waals surface area contributed by atoms with Crippen LogP contribution in [-0.4, -0.2) is 29.9 Å². The lowest BCUT2D eigenvalue weighted by molar-refractivity contribution is -0.131. The number of aryl methyl sites for hydroxylation is 1. The molecule has 0 aliphatic heterocycles. The lowest BCUT2D eigenvalue weighted by atomic mass is 10.1. The minimum atomic E-state index is 0.0805. The molecule has 0 N–H and O–H groups in total. The first-order chi connectivity index (χ1) is 11.1. The van der Waals surface area contributed by atoms with Crippen LogP contribution in [0.3, 0.4) is 0 Å². The minimum Gasteiger partial charge on any atom is -0.497 e. The van der Waals surface area contributed by atoms with Gasteiger partial charge in [0.2, 0.25) is 5.91 Å². The summed E-state index contributed by atoms with van der Waals surface area (Å²) in [6, 6.07) is 13.9. The van der Waals surface area contributed by atoms with Crippen LogP contribution >= 0.6 is 0 Å². The van der Waals surface area contributed by atoms with Gasteiger partial charge in [-0.1, -0.05) is 18.2 Å². The van der Waals surface area contributed by atoms with E-state index in [-0.39, 0.29) is 11.8 Å². The van der Waals surface area contributed by atoms with Crippen LogP contribution in [0.4, 0.5) is 0 Å². The van der Waals surface area contributed by atoms with Crippen molar-refractivity contribution in [2.45, 2.75) is 25.8 Å². The third kappa shape index (κ3) is 3.52. The quantitative estimate of drug-likeness (QED) is 0.852. The van der Waals surface area contributed by atoms with Crippen molar-refractivity contribution in [2.75, 3.05) is 14.2 Å².